The Morgan fingerprint density at radius 1 is 1.50 bits per heavy atom. The molecule has 0 saturated heterocycles. The summed E-state index contributed by atoms with van der Waals surface area (Å²) >= 11 is 0. The summed E-state index contributed by atoms with van der Waals surface area (Å²) in [6.45, 7) is 3.70. The van der Waals surface area contributed by atoms with Crippen molar-refractivity contribution in [3.8, 4) is 0 Å². The van der Waals surface area contributed by atoms with E-state index in [2.05, 4.69) is 5.32 Å². The topological polar surface area (TPSA) is 69.6 Å². The second-order valence-corrected chi connectivity index (χ2v) is 3.24. The molecule has 12 heavy (non-hydrogen) atoms. The molecule has 0 radical (unpaired) electrons. The van der Waals surface area contributed by atoms with E-state index >= 15 is 0 Å². The lowest BCUT2D eigenvalue weighted by molar-refractivity contribution is -0.122. The molecule has 3 N–H and O–H groups in total. The maximum Gasteiger partial charge on any atom is 0.220 e. The molecule has 0 aromatic heterocycles. The van der Waals surface area contributed by atoms with Crippen LogP contribution in [0.4, 0.5) is 0 Å². The lowest BCUT2D eigenvalue weighted by atomic mass is 10.1. The van der Waals surface area contributed by atoms with Crippen molar-refractivity contribution in [2.75, 3.05) is 13.2 Å². The van der Waals surface area contributed by atoms with Gasteiger partial charge in [0.25, 0.3) is 0 Å². The van der Waals surface area contributed by atoms with Crippen LogP contribution in [0.2, 0.25) is 0 Å². The van der Waals surface area contributed by atoms with Crippen LogP contribution >= 0.6 is 0 Å². The van der Waals surface area contributed by atoms with Crippen molar-refractivity contribution in [3.05, 3.63) is 0 Å². The predicted octanol–water partition coefficient (Wildman–Crippen LogP) is -0.498. The van der Waals surface area contributed by atoms with Crippen molar-refractivity contribution in [2.45, 2.75) is 26.4 Å². The first-order chi connectivity index (χ1) is 5.56. The van der Waals surface area contributed by atoms with Gasteiger partial charge >= 0.3 is 0 Å². The van der Waals surface area contributed by atoms with E-state index in [-0.39, 0.29) is 19.1 Å². The Bertz CT molecular complexity index is 136. The first-order valence-corrected chi connectivity index (χ1v) is 4.12. The summed E-state index contributed by atoms with van der Waals surface area (Å²) in [4.78, 5) is 11.0. The number of aliphatic hydroxyl groups is 2. The van der Waals surface area contributed by atoms with E-state index in [1.807, 2.05) is 13.8 Å². The Kier molecular flexibility index (Phi) is 5.66. The van der Waals surface area contributed by atoms with Crippen LogP contribution < -0.4 is 5.32 Å². The number of carbonyl (C=O) groups excluding carboxylic acids is 1. The summed E-state index contributed by atoms with van der Waals surface area (Å²) in [6.07, 6.45) is -0.390. The Balaban J connectivity index is 3.44. The standard InChI is InChI=1S/C8H17NO3/c1-6(2)3-8(12)9-4-7(11)5-10/h6-7,10-11H,3-5H2,1-2H3,(H,9,12)/t7-/m1/s1. The third-order valence-corrected chi connectivity index (χ3v) is 1.34. The molecule has 0 rings (SSSR count). The van der Waals surface area contributed by atoms with Gasteiger partial charge in [0.15, 0.2) is 0 Å². The van der Waals surface area contributed by atoms with Gasteiger partial charge in [-0.3, -0.25) is 4.79 Å². The average molecular weight is 175 g/mol. The van der Waals surface area contributed by atoms with E-state index < -0.39 is 6.10 Å². The zero-order chi connectivity index (χ0) is 9.56. The summed E-state index contributed by atoms with van der Waals surface area (Å²) in [7, 11) is 0. The highest BCUT2D eigenvalue weighted by molar-refractivity contribution is 5.76. The molecule has 0 aliphatic heterocycles. The van der Waals surface area contributed by atoms with E-state index in [4.69, 9.17) is 10.2 Å². The minimum atomic E-state index is -0.846. The van der Waals surface area contributed by atoms with E-state index in [1.165, 1.54) is 0 Å². The van der Waals surface area contributed by atoms with Crippen LogP contribution in [0.3, 0.4) is 0 Å². The molecule has 0 saturated carbocycles. The summed E-state index contributed by atoms with van der Waals surface area (Å²) in [5, 5.41) is 19.8. The maximum atomic E-state index is 11.0. The molecule has 0 unspecified atom stereocenters. The first-order valence-electron chi connectivity index (χ1n) is 4.12. The average Bonchev–Trinajstić information content (AvgIpc) is 1.99. The van der Waals surface area contributed by atoms with Gasteiger partial charge in [0.05, 0.1) is 12.7 Å². The quantitative estimate of drug-likeness (QED) is 0.527. The molecule has 0 bridgehead atoms. The third kappa shape index (κ3) is 6.12. The van der Waals surface area contributed by atoms with Gasteiger partial charge in [0.2, 0.25) is 5.91 Å². The Labute approximate surface area is 72.6 Å². The maximum absolute atomic E-state index is 11.0. The Morgan fingerprint density at radius 2 is 2.08 bits per heavy atom. The lowest BCUT2D eigenvalue weighted by Crippen LogP contribution is -2.34. The van der Waals surface area contributed by atoms with Crippen molar-refractivity contribution in [2.24, 2.45) is 5.92 Å². The van der Waals surface area contributed by atoms with Crippen molar-refractivity contribution in [1.29, 1.82) is 0 Å². The summed E-state index contributed by atoms with van der Waals surface area (Å²) in [5.74, 6) is 0.230. The number of aliphatic hydroxyl groups excluding tert-OH is 2. The molecule has 0 aromatic carbocycles. The predicted molar refractivity (Wildman–Crippen MR) is 45.6 cm³/mol. The summed E-state index contributed by atoms with van der Waals surface area (Å²) in [5.41, 5.74) is 0. The second-order valence-electron chi connectivity index (χ2n) is 3.24. The van der Waals surface area contributed by atoms with Crippen LogP contribution in [-0.4, -0.2) is 35.4 Å². The molecule has 4 nitrogen and oxygen atoms in total. The van der Waals surface area contributed by atoms with E-state index in [0.717, 1.165) is 0 Å². The number of amides is 1. The van der Waals surface area contributed by atoms with E-state index in [0.29, 0.717) is 12.3 Å². The van der Waals surface area contributed by atoms with Crippen LogP contribution in [0.15, 0.2) is 0 Å². The van der Waals surface area contributed by atoms with Gasteiger partial charge in [0, 0.05) is 13.0 Å². The lowest BCUT2D eigenvalue weighted by Gasteiger charge is -2.09. The summed E-state index contributed by atoms with van der Waals surface area (Å²) in [6, 6.07) is 0. The minimum absolute atomic E-state index is 0.0856. The molecule has 0 aromatic rings. The van der Waals surface area contributed by atoms with E-state index in [1.54, 1.807) is 0 Å². The fourth-order valence-corrected chi connectivity index (χ4v) is 0.739. The molecular weight excluding hydrogens is 158 g/mol. The van der Waals surface area contributed by atoms with Crippen molar-refractivity contribution in [3.63, 3.8) is 0 Å². The van der Waals surface area contributed by atoms with E-state index in [9.17, 15) is 4.79 Å². The molecule has 0 heterocycles. The van der Waals surface area contributed by atoms with Crippen molar-refractivity contribution in [1.82, 2.24) is 5.32 Å². The van der Waals surface area contributed by atoms with Crippen LogP contribution in [0.25, 0.3) is 0 Å². The molecule has 72 valence electrons. The number of hydrogen-bond donors (Lipinski definition) is 3. The van der Waals surface area contributed by atoms with Gasteiger partial charge in [0.1, 0.15) is 0 Å². The zero-order valence-electron chi connectivity index (χ0n) is 7.58. The molecule has 0 fully saturated rings. The SMILES string of the molecule is CC(C)CC(=O)NC[C@@H](O)CO. The number of nitrogens with one attached hydrogen (secondary N) is 1. The number of rotatable bonds is 5. The van der Waals surface area contributed by atoms with Crippen molar-refractivity contribution < 1.29 is 15.0 Å². The van der Waals surface area contributed by atoms with Crippen LogP contribution in [0.5, 0.6) is 0 Å². The van der Waals surface area contributed by atoms with Gasteiger partial charge < -0.3 is 15.5 Å². The normalized spacial score (nSPS) is 13.1. The molecule has 0 aliphatic rings. The fourth-order valence-electron chi connectivity index (χ4n) is 0.739. The van der Waals surface area contributed by atoms with Gasteiger partial charge in [-0.2, -0.15) is 0 Å². The smallest absolute Gasteiger partial charge is 0.220 e. The molecular formula is C8H17NO3. The number of hydrogen-bond acceptors (Lipinski definition) is 3. The Morgan fingerprint density at radius 3 is 2.50 bits per heavy atom. The highest BCUT2D eigenvalue weighted by Crippen LogP contribution is 1.97. The van der Waals surface area contributed by atoms with Gasteiger partial charge in [-0.25, -0.2) is 0 Å². The molecule has 1 atom stereocenters. The molecule has 4 heteroatoms. The first kappa shape index (κ1) is 11.4. The highest BCUT2D eigenvalue weighted by atomic mass is 16.3. The molecule has 1 amide bonds. The molecule has 0 aliphatic carbocycles. The van der Waals surface area contributed by atoms with Crippen LogP contribution in [-0.2, 0) is 4.79 Å². The van der Waals surface area contributed by atoms with Gasteiger partial charge in [-0.1, -0.05) is 13.8 Å². The summed E-state index contributed by atoms with van der Waals surface area (Å²) < 4.78 is 0. The number of carbonyl (C=O) groups is 1. The third-order valence-electron chi connectivity index (χ3n) is 1.34. The monoisotopic (exact) mass is 175 g/mol. The zero-order valence-corrected chi connectivity index (χ0v) is 7.58. The van der Waals surface area contributed by atoms with Crippen LogP contribution in [0, 0.1) is 5.92 Å². The highest BCUT2D eigenvalue weighted by Gasteiger charge is 2.06. The largest absolute Gasteiger partial charge is 0.394 e. The van der Waals surface area contributed by atoms with Gasteiger partial charge in [-0.05, 0) is 5.92 Å². The van der Waals surface area contributed by atoms with Gasteiger partial charge in [-0.15, -0.1) is 0 Å². The second kappa shape index (κ2) is 5.97. The molecule has 0 spiro atoms. The minimum Gasteiger partial charge on any atom is -0.394 e. The van der Waals surface area contributed by atoms with Crippen molar-refractivity contribution >= 4 is 5.91 Å². The fraction of sp³-hybridized carbons (Fsp3) is 0.875. The van der Waals surface area contributed by atoms with Crippen LogP contribution in [0.1, 0.15) is 20.3 Å². The Hall–Kier alpha value is -0.610.